The smallest absolute Gasteiger partial charge is 0.165 e. The highest BCUT2D eigenvalue weighted by atomic mass is 19.1. The molecule has 3 nitrogen and oxygen atoms in total. The number of phenols is 1. The lowest BCUT2D eigenvalue weighted by atomic mass is 10.0. The van der Waals surface area contributed by atoms with E-state index in [4.69, 9.17) is 9.84 Å². The molecular formula is C15H14F2O3. The Bertz CT molecular complexity index is 604. The van der Waals surface area contributed by atoms with Crippen molar-refractivity contribution in [1.82, 2.24) is 0 Å². The quantitative estimate of drug-likeness (QED) is 0.905. The highest BCUT2D eigenvalue weighted by molar-refractivity contribution is 5.41. The van der Waals surface area contributed by atoms with Crippen molar-refractivity contribution in [3.8, 4) is 11.5 Å². The third kappa shape index (κ3) is 2.88. The molecule has 2 N–H and O–H groups in total. The maximum Gasteiger partial charge on any atom is 0.165 e. The van der Waals surface area contributed by atoms with Crippen LogP contribution in [-0.4, -0.2) is 17.3 Å². The molecule has 106 valence electrons. The van der Waals surface area contributed by atoms with Gasteiger partial charge in [0.05, 0.1) is 13.7 Å². The first-order chi connectivity index (χ1) is 9.55. The number of halogens is 2. The van der Waals surface area contributed by atoms with Gasteiger partial charge in [-0.1, -0.05) is 6.07 Å². The molecule has 0 amide bonds. The van der Waals surface area contributed by atoms with Crippen molar-refractivity contribution in [2.75, 3.05) is 7.11 Å². The predicted molar refractivity (Wildman–Crippen MR) is 69.7 cm³/mol. The van der Waals surface area contributed by atoms with Crippen LogP contribution in [-0.2, 0) is 13.0 Å². The molecule has 0 aliphatic carbocycles. The highest BCUT2D eigenvalue weighted by Gasteiger charge is 2.12. The molecule has 5 heteroatoms. The van der Waals surface area contributed by atoms with Crippen molar-refractivity contribution in [3.63, 3.8) is 0 Å². The molecule has 0 unspecified atom stereocenters. The molecule has 0 fully saturated rings. The lowest BCUT2D eigenvalue weighted by Crippen LogP contribution is -1.97. The largest absolute Gasteiger partial charge is 0.508 e. The molecule has 2 aromatic carbocycles. The van der Waals surface area contributed by atoms with Gasteiger partial charge in [-0.3, -0.25) is 0 Å². The Kier molecular flexibility index (Phi) is 4.20. The molecule has 0 atom stereocenters. The van der Waals surface area contributed by atoms with Gasteiger partial charge in [-0.25, -0.2) is 8.78 Å². The third-order valence-corrected chi connectivity index (χ3v) is 3.01. The Hall–Kier alpha value is -2.14. The highest BCUT2D eigenvalue weighted by Crippen LogP contribution is 2.27. The van der Waals surface area contributed by atoms with E-state index in [-0.39, 0.29) is 35.7 Å². The molecular weight excluding hydrogens is 266 g/mol. The first-order valence-corrected chi connectivity index (χ1v) is 5.98. The topological polar surface area (TPSA) is 49.7 Å². The monoisotopic (exact) mass is 280 g/mol. The number of hydrogen-bond acceptors (Lipinski definition) is 3. The number of rotatable bonds is 4. The number of aliphatic hydroxyl groups is 1. The summed E-state index contributed by atoms with van der Waals surface area (Å²) in [6, 6.07) is 6.72. The standard InChI is InChI=1S/C15H14F2O3/c1-20-15-3-2-9(5-13(15)17)4-11-12(16)6-10(8-18)7-14(11)19/h2-3,5-7,18-19H,4,8H2,1H3. The van der Waals surface area contributed by atoms with Gasteiger partial charge in [-0.15, -0.1) is 0 Å². The van der Waals surface area contributed by atoms with Crippen LogP contribution in [0.1, 0.15) is 16.7 Å². The van der Waals surface area contributed by atoms with Crippen LogP contribution in [0.15, 0.2) is 30.3 Å². The molecule has 0 spiro atoms. The van der Waals surface area contributed by atoms with E-state index >= 15 is 0 Å². The number of aromatic hydroxyl groups is 1. The summed E-state index contributed by atoms with van der Waals surface area (Å²) in [7, 11) is 1.36. The fourth-order valence-electron chi connectivity index (χ4n) is 1.97. The lowest BCUT2D eigenvalue weighted by Gasteiger charge is -2.09. The van der Waals surface area contributed by atoms with E-state index in [1.54, 1.807) is 6.07 Å². The normalized spacial score (nSPS) is 10.6. The van der Waals surface area contributed by atoms with E-state index in [9.17, 15) is 13.9 Å². The summed E-state index contributed by atoms with van der Waals surface area (Å²) in [4.78, 5) is 0. The predicted octanol–water partition coefficient (Wildman–Crippen LogP) is 2.76. The van der Waals surface area contributed by atoms with Gasteiger partial charge < -0.3 is 14.9 Å². The summed E-state index contributed by atoms with van der Waals surface area (Å²) in [5, 5.41) is 18.7. The van der Waals surface area contributed by atoms with E-state index in [1.165, 1.54) is 25.3 Å². The lowest BCUT2D eigenvalue weighted by molar-refractivity contribution is 0.280. The van der Waals surface area contributed by atoms with Crippen molar-refractivity contribution in [1.29, 1.82) is 0 Å². The molecule has 0 saturated heterocycles. The second kappa shape index (κ2) is 5.88. The Labute approximate surface area is 115 Å². The average Bonchev–Trinajstić information content (AvgIpc) is 2.42. The van der Waals surface area contributed by atoms with Gasteiger partial charge in [-0.2, -0.15) is 0 Å². The summed E-state index contributed by atoms with van der Waals surface area (Å²) >= 11 is 0. The third-order valence-electron chi connectivity index (χ3n) is 3.01. The van der Waals surface area contributed by atoms with Crippen molar-refractivity contribution in [3.05, 3.63) is 58.7 Å². The maximum atomic E-state index is 13.8. The second-order valence-electron chi connectivity index (χ2n) is 4.38. The van der Waals surface area contributed by atoms with Gasteiger partial charge in [0, 0.05) is 12.0 Å². The molecule has 0 aliphatic rings. The molecule has 0 heterocycles. The number of phenolic OH excluding ortho intramolecular Hbond substituents is 1. The van der Waals surface area contributed by atoms with E-state index < -0.39 is 11.6 Å². The number of ether oxygens (including phenoxy) is 1. The summed E-state index contributed by atoms with van der Waals surface area (Å²) in [6.07, 6.45) is 0.0459. The van der Waals surface area contributed by atoms with Gasteiger partial charge in [0.15, 0.2) is 11.6 Å². The van der Waals surface area contributed by atoms with Crippen LogP contribution in [0.25, 0.3) is 0 Å². The summed E-state index contributed by atoms with van der Waals surface area (Å²) in [6.45, 7) is -0.359. The summed E-state index contributed by atoms with van der Waals surface area (Å²) in [5.41, 5.74) is 0.852. The van der Waals surface area contributed by atoms with E-state index in [0.29, 0.717) is 5.56 Å². The molecule has 20 heavy (non-hydrogen) atoms. The SMILES string of the molecule is COc1ccc(Cc2c(O)cc(CO)cc2F)cc1F. The number of hydrogen-bond donors (Lipinski definition) is 2. The van der Waals surface area contributed by atoms with Crippen molar-refractivity contribution in [2.24, 2.45) is 0 Å². The van der Waals surface area contributed by atoms with E-state index in [0.717, 1.165) is 6.07 Å². The van der Waals surface area contributed by atoms with Crippen molar-refractivity contribution >= 4 is 0 Å². The van der Waals surface area contributed by atoms with Crippen molar-refractivity contribution in [2.45, 2.75) is 13.0 Å². The van der Waals surface area contributed by atoms with Gasteiger partial charge in [-0.05, 0) is 35.4 Å². The molecule has 0 bridgehead atoms. The van der Waals surface area contributed by atoms with Crippen LogP contribution in [0.5, 0.6) is 11.5 Å². The maximum absolute atomic E-state index is 13.8. The first-order valence-electron chi connectivity index (χ1n) is 5.98. The van der Waals surface area contributed by atoms with Crippen LogP contribution in [0.4, 0.5) is 8.78 Å². The van der Waals surface area contributed by atoms with Crippen LogP contribution in [0.3, 0.4) is 0 Å². The zero-order valence-corrected chi connectivity index (χ0v) is 10.9. The minimum absolute atomic E-state index is 0.0459. The van der Waals surface area contributed by atoms with Crippen molar-refractivity contribution < 1.29 is 23.7 Å². The molecule has 0 radical (unpaired) electrons. The molecule has 2 aromatic rings. The Morgan fingerprint density at radius 1 is 1.05 bits per heavy atom. The molecule has 0 aromatic heterocycles. The van der Waals surface area contributed by atoms with Crippen LogP contribution in [0.2, 0.25) is 0 Å². The Balaban J connectivity index is 2.32. The van der Waals surface area contributed by atoms with Gasteiger partial charge in [0.25, 0.3) is 0 Å². The average molecular weight is 280 g/mol. The summed E-state index contributed by atoms with van der Waals surface area (Å²) < 4.78 is 32.2. The van der Waals surface area contributed by atoms with E-state index in [1.807, 2.05) is 0 Å². The van der Waals surface area contributed by atoms with Gasteiger partial charge >= 0.3 is 0 Å². The van der Waals surface area contributed by atoms with E-state index in [2.05, 4.69) is 0 Å². The van der Waals surface area contributed by atoms with Crippen LogP contribution < -0.4 is 4.74 Å². The Morgan fingerprint density at radius 2 is 1.75 bits per heavy atom. The fraction of sp³-hybridized carbons (Fsp3) is 0.200. The number of methoxy groups -OCH3 is 1. The number of aliphatic hydroxyl groups excluding tert-OH is 1. The number of benzene rings is 2. The minimum Gasteiger partial charge on any atom is -0.508 e. The first kappa shape index (κ1) is 14.3. The second-order valence-corrected chi connectivity index (χ2v) is 4.38. The molecule has 0 saturated carbocycles. The summed E-state index contributed by atoms with van der Waals surface area (Å²) in [5.74, 6) is -1.33. The van der Waals surface area contributed by atoms with Crippen LogP contribution in [0, 0.1) is 11.6 Å². The molecule has 0 aliphatic heterocycles. The zero-order valence-electron chi connectivity index (χ0n) is 10.9. The molecule has 2 rings (SSSR count). The van der Waals surface area contributed by atoms with Gasteiger partial charge in [0.2, 0.25) is 0 Å². The fourth-order valence-corrected chi connectivity index (χ4v) is 1.97. The minimum atomic E-state index is -0.634. The van der Waals surface area contributed by atoms with Crippen LogP contribution >= 0.6 is 0 Å². The Morgan fingerprint density at radius 3 is 2.30 bits per heavy atom. The zero-order chi connectivity index (χ0) is 14.7. The van der Waals surface area contributed by atoms with Gasteiger partial charge in [0.1, 0.15) is 11.6 Å².